The molecule has 9 heteroatoms. The molecule has 3 atom stereocenters. The maximum atomic E-state index is 13.0. The molecule has 7 nitrogen and oxygen atoms in total. The zero-order chi connectivity index (χ0) is 20.1. The largest absolute Gasteiger partial charge is 0.480 e. The molecule has 0 bridgehead atoms. The number of carboxylic acids is 1. The number of imidazole rings is 1. The molecule has 1 fully saturated rings. The van der Waals surface area contributed by atoms with Gasteiger partial charge in [-0.25, -0.2) is 13.4 Å². The van der Waals surface area contributed by atoms with E-state index in [1.807, 2.05) is 37.4 Å². The van der Waals surface area contributed by atoms with Gasteiger partial charge in [-0.1, -0.05) is 37.3 Å². The van der Waals surface area contributed by atoms with Crippen molar-refractivity contribution in [2.75, 3.05) is 0 Å². The summed E-state index contributed by atoms with van der Waals surface area (Å²) in [6.45, 7) is 1.75. The molecule has 3 aromatic rings. The van der Waals surface area contributed by atoms with Gasteiger partial charge in [0.25, 0.3) is 10.0 Å². The van der Waals surface area contributed by atoms with Gasteiger partial charge in [-0.2, -0.15) is 4.72 Å². The number of carboxylic acid groups (broad SMARTS) is 1. The highest BCUT2D eigenvalue weighted by atomic mass is 32.2. The zero-order valence-corrected chi connectivity index (χ0v) is 16.9. The summed E-state index contributed by atoms with van der Waals surface area (Å²) in [5.74, 6) is -1.95. The molecule has 28 heavy (non-hydrogen) atoms. The summed E-state index contributed by atoms with van der Waals surface area (Å²) < 4.78 is 30.3. The van der Waals surface area contributed by atoms with E-state index in [1.54, 1.807) is 30.1 Å². The summed E-state index contributed by atoms with van der Waals surface area (Å²) in [6, 6.07) is 12.3. The van der Waals surface area contributed by atoms with Crippen LogP contribution in [0.4, 0.5) is 0 Å². The molecular formula is C19H19N3O4S2. The quantitative estimate of drug-likeness (QED) is 0.642. The van der Waals surface area contributed by atoms with E-state index in [0.29, 0.717) is 10.6 Å². The molecule has 1 saturated carbocycles. The van der Waals surface area contributed by atoms with Crippen molar-refractivity contribution in [1.29, 1.82) is 0 Å². The van der Waals surface area contributed by atoms with Gasteiger partial charge < -0.3 is 9.67 Å². The van der Waals surface area contributed by atoms with Crippen LogP contribution in [0.5, 0.6) is 0 Å². The molecule has 1 aliphatic carbocycles. The second-order valence-corrected chi connectivity index (χ2v) is 9.99. The van der Waals surface area contributed by atoms with Crippen molar-refractivity contribution in [3.05, 3.63) is 60.6 Å². The smallest absolute Gasteiger partial charge is 0.325 e. The van der Waals surface area contributed by atoms with Crippen molar-refractivity contribution in [2.45, 2.75) is 22.6 Å². The first-order chi connectivity index (χ1) is 13.3. The van der Waals surface area contributed by atoms with Gasteiger partial charge in [0.05, 0.1) is 16.9 Å². The molecule has 0 saturated heterocycles. The van der Waals surface area contributed by atoms with Crippen LogP contribution in [-0.2, 0) is 21.9 Å². The average molecular weight is 418 g/mol. The number of nitrogens with one attached hydrogen (secondary N) is 1. The molecule has 2 aromatic heterocycles. The van der Waals surface area contributed by atoms with Crippen molar-refractivity contribution < 1.29 is 18.3 Å². The Bertz CT molecular complexity index is 1140. The first-order valence-corrected chi connectivity index (χ1v) is 11.0. The van der Waals surface area contributed by atoms with E-state index in [-0.39, 0.29) is 10.1 Å². The van der Waals surface area contributed by atoms with Crippen LogP contribution in [0, 0.1) is 5.92 Å². The molecule has 0 amide bonds. The number of aromatic nitrogens is 2. The molecule has 0 unspecified atom stereocenters. The topological polar surface area (TPSA) is 101 Å². The average Bonchev–Trinajstić information content (AvgIpc) is 3.06. The van der Waals surface area contributed by atoms with E-state index < -0.39 is 27.4 Å². The molecule has 1 aromatic carbocycles. The molecule has 4 rings (SSSR count). The number of thiophene rings is 1. The molecule has 1 aliphatic rings. The summed E-state index contributed by atoms with van der Waals surface area (Å²) in [5, 5.41) is 9.87. The van der Waals surface area contributed by atoms with Crippen LogP contribution < -0.4 is 4.72 Å². The minimum absolute atomic E-state index is 0.0692. The fourth-order valence-corrected chi connectivity index (χ4v) is 6.44. The van der Waals surface area contributed by atoms with Crippen LogP contribution >= 0.6 is 11.3 Å². The molecule has 2 heterocycles. The summed E-state index contributed by atoms with van der Waals surface area (Å²) in [5.41, 5.74) is -0.0701. The first kappa shape index (κ1) is 18.9. The lowest BCUT2D eigenvalue weighted by atomic mass is 10.1. The van der Waals surface area contributed by atoms with Crippen LogP contribution in [0.2, 0.25) is 0 Å². The Morgan fingerprint density at radius 3 is 2.57 bits per heavy atom. The Kier molecular flexibility index (Phi) is 4.40. The van der Waals surface area contributed by atoms with Crippen molar-refractivity contribution in [3.8, 4) is 10.6 Å². The Balaban J connectivity index is 1.65. The maximum absolute atomic E-state index is 13.0. The van der Waals surface area contributed by atoms with Crippen LogP contribution in [0.1, 0.15) is 18.4 Å². The predicted octanol–water partition coefficient (Wildman–Crippen LogP) is 2.68. The number of benzene rings is 1. The van der Waals surface area contributed by atoms with E-state index in [0.717, 1.165) is 16.9 Å². The number of sulfonamides is 1. The third-order valence-electron chi connectivity index (χ3n) is 5.22. The number of aliphatic carboxylic acids is 1. The van der Waals surface area contributed by atoms with E-state index in [4.69, 9.17) is 0 Å². The highest BCUT2D eigenvalue weighted by Crippen LogP contribution is 2.58. The number of hydrogen-bond acceptors (Lipinski definition) is 5. The number of rotatable bonds is 6. The van der Waals surface area contributed by atoms with Crippen molar-refractivity contribution >= 4 is 27.3 Å². The van der Waals surface area contributed by atoms with Gasteiger partial charge in [-0.3, -0.25) is 4.79 Å². The minimum atomic E-state index is -4.00. The first-order valence-electron chi connectivity index (χ1n) is 8.66. The molecule has 0 aliphatic heterocycles. The van der Waals surface area contributed by atoms with Gasteiger partial charge in [0.15, 0.2) is 0 Å². The van der Waals surface area contributed by atoms with Gasteiger partial charge in [-0.15, -0.1) is 11.3 Å². The van der Waals surface area contributed by atoms with Gasteiger partial charge in [0, 0.05) is 19.2 Å². The van der Waals surface area contributed by atoms with Crippen LogP contribution in [0.15, 0.2) is 59.2 Å². The molecule has 0 radical (unpaired) electrons. The Morgan fingerprint density at radius 2 is 1.96 bits per heavy atom. The third-order valence-corrected chi connectivity index (χ3v) is 8.30. The van der Waals surface area contributed by atoms with E-state index in [2.05, 4.69) is 9.71 Å². The summed E-state index contributed by atoms with van der Waals surface area (Å²) in [4.78, 5) is 17.0. The molecule has 0 spiro atoms. The van der Waals surface area contributed by atoms with Crippen LogP contribution in [0.25, 0.3) is 10.6 Å². The van der Waals surface area contributed by atoms with E-state index in [1.165, 1.54) is 6.07 Å². The third kappa shape index (κ3) is 2.95. The zero-order valence-electron chi connectivity index (χ0n) is 15.2. The van der Waals surface area contributed by atoms with Gasteiger partial charge in [-0.05, 0) is 23.6 Å². The highest BCUT2D eigenvalue weighted by molar-refractivity contribution is 7.91. The predicted molar refractivity (Wildman–Crippen MR) is 106 cm³/mol. The lowest BCUT2D eigenvalue weighted by Gasteiger charge is -2.15. The number of nitrogens with zero attached hydrogens (tertiary/aromatic N) is 2. The molecule has 146 valence electrons. The lowest BCUT2D eigenvalue weighted by Crippen LogP contribution is -2.45. The maximum Gasteiger partial charge on any atom is 0.325 e. The Morgan fingerprint density at radius 1 is 1.25 bits per heavy atom. The van der Waals surface area contributed by atoms with Gasteiger partial charge in [0.2, 0.25) is 0 Å². The van der Waals surface area contributed by atoms with Gasteiger partial charge >= 0.3 is 5.97 Å². The van der Waals surface area contributed by atoms with Gasteiger partial charge in [0.1, 0.15) is 9.75 Å². The van der Waals surface area contributed by atoms with E-state index in [9.17, 15) is 18.3 Å². The summed E-state index contributed by atoms with van der Waals surface area (Å²) in [6.07, 6.45) is 3.43. The standard InChI is InChI=1S/C19H19N3O4S2/c1-12-17(13-6-4-3-5-7-13)19(12,18(23)24)21-28(25,26)16-9-8-15(27-16)14-10-22(2)11-20-14/h3-12,17,21H,1-2H3,(H,23,24)/t12-,17-,19+/m1/s1. The second kappa shape index (κ2) is 6.54. The number of carbonyl (C=O) groups is 1. The van der Waals surface area contributed by atoms with Crippen LogP contribution in [-0.4, -0.2) is 34.6 Å². The number of hydrogen-bond donors (Lipinski definition) is 2. The van der Waals surface area contributed by atoms with E-state index >= 15 is 0 Å². The SMILES string of the molecule is C[C@@H]1[C@H](c2ccccc2)[C@]1(NS(=O)(=O)c1ccc(-c2cn(C)cn2)s1)C(=O)O. The van der Waals surface area contributed by atoms with Crippen molar-refractivity contribution in [2.24, 2.45) is 13.0 Å². The van der Waals surface area contributed by atoms with Crippen molar-refractivity contribution in [3.63, 3.8) is 0 Å². The van der Waals surface area contributed by atoms with Crippen molar-refractivity contribution in [1.82, 2.24) is 14.3 Å². The Hall–Kier alpha value is -2.49. The molecular weight excluding hydrogens is 398 g/mol. The fraction of sp³-hybridized carbons (Fsp3) is 0.263. The second-order valence-electron chi connectivity index (χ2n) is 7.00. The summed E-state index contributed by atoms with van der Waals surface area (Å²) >= 11 is 1.07. The lowest BCUT2D eigenvalue weighted by molar-refractivity contribution is -0.140. The number of aryl methyl sites for hydroxylation is 1. The Labute approximate surface area is 166 Å². The molecule has 2 N–H and O–H groups in total. The monoisotopic (exact) mass is 417 g/mol. The minimum Gasteiger partial charge on any atom is -0.480 e. The fourth-order valence-electron chi connectivity index (χ4n) is 3.72. The summed E-state index contributed by atoms with van der Waals surface area (Å²) in [7, 11) is -2.17. The van der Waals surface area contributed by atoms with Crippen LogP contribution in [0.3, 0.4) is 0 Å². The normalized spacial score (nSPS) is 24.2. The highest BCUT2D eigenvalue weighted by Gasteiger charge is 2.70.